The maximum absolute atomic E-state index is 3.44. The van der Waals surface area contributed by atoms with Crippen molar-refractivity contribution in [3.05, 3.63) is 47.7 Å². The van der Waals surface area contributed by atoms with Crippen LogP contribution in [-0.2, 0) is 6.42 Å². The molecule has 0 saturated heterocycles. The molecule has 78 valence electrons. The average Bonchev–Trinajstić information content (AvgIpc) is 2.59. The van der Waals surface area contributed by atoms with Crippen molar-refractivity contribution in [1.29, 1.82) is 0 Å². The quantitative estimate of drug-likeness (QED) is 0.717. The summed E-state index contributed by atoms with van der Waals surface area (Å²) in [6.45, 7) is 4.29. The highest BCUT2D eigenvalue weighted by atomic mass is 14.7. The van der Waals surface area contributed by atoms with E-state index in [4.69, 9.17) is 0 Å². The van der Waals surface area contributed by atoms with Gasteiger partial charge in [-0.05, 0) is 44.2 Å². The van der Waals surface area contributed by atoms with Crippen LogP contribution in [-0.4, -0.2) is 4.98 Å². The predicted octanol–water partition coefficient (Wildman–Crippen LogP) is 4.07. The molecule has 1 nitrogen and oxygen atoms in total. The fraction of sp³-hybridized carbons (Fsp3) is 0.286. The van der Waals surface area contributed by atoms with Gasteiger partial charge in [0.15, 0.2) is 0 Å². The lowest BCUT2D eigenvalue weighted by atomic mass is 10.2. The number of aromatic amines is 1. The summed E-state index contributed by atoms with van der Waals surface area (Å²) >= 11 is 0. The molecule has 0 atom stereocenters. The summed E-state index contributed by atoms with van der Waals surface area (Å²) in [4.78, 5) is 3.44. The highest BCUT2D eigenvalue weighted by molar-refractivity contribution is 5.80. The smallest absolute Gasteiger partial charge is 0.0456 e. The van der Waals surface area contributed by atoms with Crippen LogP contribution in [0.5, 0.6) is 0 Å². The molecule has 0 spiro atoms. The molecule has 2 rings (SSSR count). The molecule has 0 aliphatic carbocycles. The van der Waals surface area contributed by atoms with E-state index in [1.54, 1.807) is 0 Å². The van der Waals surface area contributed by atoms with Gasteiger partial charge in [0.1, 0.15) is 0 Å². The zero-order chi connectivity index (χ0) is 10.7. The van der Waals surface area contributed by atoms with E-state index < -0.39 is 0 Å². The molecule has 2 aromatic rings. The van der Waals surface area contributed by atoms with Crippen LogP contribution in [0, 0.1) is 0 Å². The van der Waals surface area contributed by atoms with Crippen molar-refractivity contribution >= 4 is 10.9 Å². The van der Waals surface area contributed by atoms with Gasteiger partial charge in [0, 0.05) is 11.2 Å². The van der Waals surface area contributed by atoms with Gasteiger partial charge in [-0.3, -0.25) is 0 Å². The van der Waals surface area contributed by atoms with E-state index in [-0.39, 0.29) is 0 Å². The molecule has 0 unspecified atom stereocenters. The third kappa shape index (κ3) is 2.50. The van der Waals surface area contributed by atoms with E-state index in [9.17, 15) is 0 Å². The van der Waals surface area contributed by atoms with Crippen LogP contribution in [0.25, 0.3) is 10.9 Å². The second-order valence-corrected chi connectivity index (χ2v) is 4.20. The Morgan fingerprint density at radius 3 is 2.80 bits per heavy atom. The number of hydrogen-bond acceptors (Lipinski definition) is 0. The van der Waals surface area contributed by atoms with Crippen LogP contribution in [0.2, 0.25) is 0 Å². The maximum Gasteiger partial charge on any atom is 0.0456 e. The molecule has 15 heavy (non-hydrogen) atoms. The molecule has 0 amide bonds. The molecule has 1 aromatic carbocycles. The minimum absolute atomic E-state index is 1.10. The molecule has 0 radical (unpaired) electrons. The van der Waals surface area contributed by atoms with E-state index in [1.807, 2.05) is 0 Å². The van der Waals surface area contributed by atoms with Gasteiger partial charge < -0.3 is 4.98 Å². The van der Waals surface area contributed by atoms with E-state index in [0.717, 1.165) is 12.8 Å². The Bertz CT molecular complexity index is 440. The van der Waals surface area contributed by atoms with Crippen LogP contribution in [0.1, 0.15) is 26.0 Å². The molecule has 0 aliphatic heterocycles. The monoisotopic (exact) mass is 199 g/mol. The Hall–Kier alpha value is -1.50. The van der Waals surface area contributed by atoms with Crippen LogP contribution in [0.15, 0.2) is 42.0 Å². The first kappa shape index (κ1) is 10.0. The number of allylic oxidation sites excluding steroid dienone is 2. The minimum atomic E-state index is 1.10. The molecular weight excluding hydrogens is 182 g/mol. The van der Waals surface area contributed by atoms with Crippen molar-refractivity contribution in [2.75, 3.05) is 0 Å². The number of fused-ring (bicyclic) bond motifs is 1. The fourth-order valence-electron chi connectivity index (χ4n) is 1.78. The Morgan fingerprint density at radius 1 is 1.27 bits per heavy atom. The summed E-state index contributed by atoms with van der Waals surface area (Å²) in [5.74, 6) is 0. The lowest BCUT2D eigenvalue weighted by Gasteiger charge is -1.93. The second-order valence-electron chi connectivity index (χ2n) is 4.20. The fourth-order valence-corrected chi connectivity index (χ4v) is 1.78. The number of hydrogen-bond donors (Lipinski definition) is 1. The van der Waals surface area contributed by atoms with Gasteiger partial charge in [0.2, 0.25) is 0 Å². The van der Waals surface area contributed by atoms with Gasteiger partial charge in [-0.1, -0.05) is 29.8 Å². The number of H-pyrrole nitrogens is 1. The van der Waals surface area contributed by atoms with Crippen molar-refractivity contribution in [2.45, 2.75) is 26.7 Å². The maximum atomic E-state index is 3.44. The lowest BCUT2D eigenvalue weighted by Crippen LogP contribution is -1.82. The van der Waals surface area contributed by atoms with Crippen molar-refractivity contribution in [1.82, 2.24) is 4.98 Å². The Balaban J connectivity index is 2.12. The van der Waals surface area contributed by atoms with Gasteiger partial charge in [-0.2, -0.15) is 0 Å². The molecule has 1 aromatic heterocycles. The number of rotatable bonds is 3. The summed E-state index contributed by atoms with van der Waals surface area (Å²) in [5.41, 5.74) is 3.96. The van der Waals surface area contributed by atoms with Crippen LogP contribution in [0.3, 0.4) is 0 Å². The van der Waals surface area contributed by atoms with Crippen LogP contribution < -0.4 is 0 Å². The van der Waals surface area contributed by atoms with Gasteiger partial charge >= 0.3 is 0 Å². The van der Waals surface area contributed by atoms with Crippen LogP contribution >= 0.6 is 0 Å². The Morgan fingerprint density at radius 2 is 2.07 bits per heavy atom. The van der Waals surface area contributed by atoms with Crippen molar-refractivity contribution in [2.24, 2.45) is 0 Å². The molecule has 0 bridgehead atoms. The van der Waals surface area contributed by atoms with Gasteiger partial charge in [-0.25, -0.2) is 0 Å². The molecule has 0 fully saturated rings. The van der Waals surface area contributed by atoms with Gasteiger partial charge in [0.25, 0.3) is 0 Å². The summed E-state index contributed by atoms with van der Waals surface area (Å²) in [5, 5.41) is 1.31. The topological polar surface area (TPSA) is 15.8 Å². The van der Waals surface area contributed by atoms with Crippen molar-refractivity contribution in [3.63, 3.8) is 0 Å². The molecule has 0 saturated carbocycles. The molecule has 1 N–H and O–H groups in total. The second kappa shape index (κ2) is 4.35. The summed E-state index contributed by atoms with van der Waals surface area (Å²) in [6.07, 6.45) is 4.50. The number of benzene rings is 1. The molecular formula is C14H17N. The Kier molecular flexibility index (Phi) is 2.91. The van der Waals surface area contributed by atoms with Crippen LogP contribution in [0.4, 0.5) is 0 Å². The number of para-hydroxylation sites is 1. The average molecular weight is 199 g/mol. The predicted molar refractivity (Wildman–Crippen MR) is 66.1 cm³/mol. The van der Waals surface area contributed by atoms with E-state index in [2.05, 4.69) is 55.2 Å². The van der Waals surface area contributed by atoms with Crippen molar-refractivity contribution in [3.8, 4) is 0 Å². The molecule has 1 heterocycles. The molecule has 1 heteroatoms. The minimum Gasteiger partial charge on any atom is -0.358 e. The van der Waals surface area contributed by atoms with E-state index in [0.29, 0.717) is 0 Å². The largest absolute Gasteiger partial charge is 0.358 e. The van der Waals surface area contributed by atoms with E-state index >= 15 is 0 Å². The standard InChI is InChI=1S/C14H17N/c1-11(2)6-5-8-13-10-12-7-3-4-9-14(12)15-13/h3-4,6-7,9-10,15H,5,8H2,1-2H3. The SMILES string of the molecule is CC(C)=CCCc1cc2ccccc2[nH]1. The lowest BCUT2D eigenvalue weighted by molar-refractivity contribution is 0.955. The first-order valence-corrected chi connectivity index (χ1v) is 5.46. The normalized spacial score (nSPS) is 10.5. The highest BCUT2D eigenvalue weighted by Gasteiger charge is 1.98. The number of nitrogens with one attached hydrogen (secondary N) is 1. The zero-order valence-corrected chi connectivity index (χ0v) is 9.38. The third-order valence-electron chi connectivity index (χ3n) is 2.55. The van der Waals surface area contributed by atoms with Gasteiger partial charge in [-0.15, -0.1) is 0 Å². The summed E-state index contributed by atoms with van der Waals surface area (Å²) in [6, 6.07) is 10.7. The zero-order valence-electron chi connectivity index (χ0n) is 9.38. The first-order valence-electron chi connectivity index (χ1n) is 5.46. The molecule has 0 aliphatic rings. The van der Waals surface area contributed by atoms with Gasteiger partial charge in [0.05, 0.1) is 0 Å². The number of aryl methyl sites for hydroxylation is 1. The summed E-state index contributed by atoms with van der Waals surface area (Å²) in [7, 11) is 0. The highest BCUT2D eigenvalue weighted by Crippen LogP contribution is 2.15. The van der Waals surface area contributed by atoms with Crippen molar-refractivity contribution < 1.29 is 0 Å². The Labute approximate surface area is 90.8 Å². The summed E-state index contributed by atoms with van der Waals surface area (Å²) < 4.78 is 0. The first-order chi connectivity index (χ1) is 7.25. The number of aromatic nitrogens is 1. The van der Waals surface area contributed by atoms with E-state index in [1.165, 1.54) is 22.2 Å². The third-order valence-corrected chi connectivity index (χ3v) is 2.55.